The van der Waals surface area contributed by atoms with Crippen LogP contribution in [0.3, 0.4) is 0 Å². The molecule has 1 fully saturated rings. The lowest BCUT2D eigenvalue weighted by atomic mass is 10.2. The molecule has 1 aliphatic heterocycles. The van der Waals surface area contributed by atoms with Crippen LogP contribution in [-0.4, -0.2) is 42.3 Å². The van der Waals surface area contributed by atoms with Crippen LogP contribution in [0, 0.1) is 0 Å². The first kappa shape index (κ1) is 11.8. The molecular weight excluding hydrogens is 244 g/mol. The normalized spacial score (nSPS) is 19.0. The van der Waals surface area contributed by atoms with Gasteiger partial charge in [-0.15, -0.1) is 0 Å². The summed E-state index contributed by atoms with van der Waals surface area (Å²) < 4.78 is 1.48. The molecule has 100 valence electrons. The van der Waals surface area contributed by atoms with E-state index in [-0.39, 0.29) is 5.95 Å². The van der Waals surface area contributed by atoms with Gasteiger partial charge in [0.1, 0.15) is 12.7 Å². The number of nitrogen functional groups attached to an aromatic ring is 1. The predicted molar refractivity (Wildman–Crippen MR) is 69.8 cm³/mol. The van der Waals surface area contributed by atoms with Gasteiger partial charge in [0.05, 0.1) is 0 Å². The van der Waals surface area contributed by atoms with Gasteiger partial charge in [-0.1, -0.05) is 6.92 Å². The summed E-state index contributed by atoms with van der Waals surface area (Å²) in [7, 11) is 0. The van der Waals surface area contributed by atoms with Gasteiger partial charge < -0.3 is 10.6 Å². The van der Waals surface area contributed by atoms with E-state index in [1.54, 1.807) is 6.33 Å². The fourth-order valence-corrected chi connectivity index (χ4v) is 2.44. The molecular formula is C11H16N8. The van der Waals surface area contributed by atoms with Crippen molar-refractivity contribution in [3.8, 4) is 5.95 Å². The van der Waals surface area contributed by atoms with Crippen LogP contribution in [0.5, 0.6) is 0 Å². The molecule has 1 aliphatic rings. The van der Waals surface area contributed by atoms with Crippen molar-refractivity contribution in [2.45, 2.75) is 32.2 Å². The molecule has 0 spiro atoms. The van der Waals surface area contributed by atoms with Gasteiger partial charge in [-0.05, 0) is 19.3 Å². The van der Waals surface area contributed by atoms with Crippen molar-refractivity contribution >= 4 is 11.9 Å². The van der Waals surface area contributed by atoms with E-state index < -0.39 is 0 Å². The summed E-state index contributed by atoms with van der Waals surface area (Å²) >= 11 is 0. The maximum Gasteiger partial charge on any atom is 0.258 e. The van der Waals surface area contributed by atoms with Crippen molar-refractivity contribution in [3.63, 3.8) is 0 Å². The molecule has 8 heteroatoms. The molecule has 1 unspecified atom stereocenters. The Bertz CT molecular complexity index is 552. The Morgan fingerprint density at radius 2 is 2.16 bits per heavy atom. The lowest BCUT2D eigenvalue weighted by Gasteiger charge is -2.23. The van der Waals surface area contributed by atoms with Crippen LogP contribution in [0.15, 0.2) is 12.7 Å². The lowest BCUT2D eigenvalue weighted by molar-refractivity contribution is 0.631. The minimum atomic E-state index is 0.206. The second kappa shape index (κ2) is 4.79. The largest absolute Gasteiger partial charge is 0.368 e. The van der Waals surface area contributed by atoms with Crippen LogP contribution < -0.4 is 10.6 Å². The van der Waals surface area contributed by atoms with E-state index in [1.807, 2.05) is 0 Å². The summed E-state index contributed by atoms with van der Waals surface area (Å²) in [4.78, 5) is 18.8. The van der Waals surface area contributed by atoms with Gasteiger partial charge in [0.15, 0.2) is 0 Å². The summed E-state index contributed by atoms with van der Waals surface area (Å²) in [5.41, 5.74) is 5.77. The molecule has 2 aromatic heterocycles. The van der Waals surface area contributed by atoms with Gasteiger partial charge >= 0.3 is 0 Å². The number of hydrogen-bond acceptors (Lipinski definition) is 7. The summed E-state index contributed by atoms with van der Waals surface area (Å²) in [5, 5.41) is 4.01. The average Bonchev–Trinajstić information content (AvgIpc) is 3.09. The van der Waals surface area contributed by atoms with Crippen LogP contribution in [0.4, 0.5) is 11.9 Å². The zero-order chi connectivity index (χ0) is 13.2. The first-order chi connectivity index (χ1) is 9.28. The lowest BCUT2D eigenvalue weighted by Crippen LogP contribution is -2.31. The number of aromatic nitrogens is 6. The smallest absolute Gasteiger partial charge is 0.258 e. The third-order valence-electron chi connectivity index (χ3n) is 3.36. The topological polar surface area (TPSA) is 98.6 Å². The van der Waals surface area contributed by atoms with Crippen molar-refractivity contribution in [2.75, 3.05) is 17.2 Å². The highest BCUT2D eigenvalue weighted by Gasteiger charge is 2.26. The molecule has 0 saturated carbocycles. The van der Waals surface area contributed by atoms with Gasteiger partial charge in [0, 0.05) is 12.6 Å². The van der Waals surface area contributed by atoms with Crippen molar-refractivity contribution < 1.29 is 0 Å². The third kappa shape index (κ3) is 2.20. The van der Waals surface area contributed by atoms with Crippen molar-refractivity contribution in [3.05, 3.63) is 12.7 Å². The van der Waals surface area contributed by atoms with Gasteiger partial charge in [-0.25, -0.2) is 4.98 Å². The van der Waals surface area contributed by atoms with E-state index in [2.05, 4.69) is 36.9 Å². The molecule has 2 aromatic rings. The molecule has 0 bridgehead atoms. The molecule has 3 heterocycles. The van der Waals surface area contributed by atoms with Crippen LogP contribution in [-0.2, 0) is 0 Å². The molecule has 0 aromatic carbocycles. The number of hydrogen-bond donors (Lipinski definition) is 1. The van der Waals surface area contributed by atoms with E-state index in [1.165, 1.54) is 17.4 Å². The summed E-state index contributed by atoms with van der Waals surface area (Å²) in [6.07, 6.45) is 6.37. The van der Waals surface area contributed by atoms with Crippen LogP contribution in [0.1, 0.15) is 26.2 Å². The number of nitrogens with two attached hydrogens (primary N) is 1. The van der Waals surface area contributed by atoms with E-state index >= 15 is 0 Å². The van der Waals surface area contributed by atoms with E-state index in [0.29, 0.717) is 17.9 Å². The SMILES string of the molecule is CCC1CCCN1c1nc(N)nc(-n2cncn2)n1. The first-order valence-corrected chi connectivity index (χ1v) is 6.41. The molecule has 0 aliphatic carbocycles. The summed E-state index contributed by atoms with van der Waals surface area (Å²) in [5.74, 6) is 1.24. The maximum absolute atomic E-state index is 5.77. The first-order valence-electron chi connectivity index (χ1n) is 6.41. The molecule has 0 radical (unpaired) electrons. The minimum Gasteiger partial charge on any atom is -0.368 e. The third-order valence-corrected chi connectivity index (χ3v) is 3.36. The fourth-order valence-electron chi connectivity index (χ4n) is 2.44. The van der Waals surface area contributed by atoms with Crippen LogP contribution in [0.2, 0.25) is 0 Å². The molecule has 0 amide bonds. The van der Waals surface area contributed by atoms with Gasteiger partial charge in [0.25, 0.3) is 5.95 Å². The maximum atomic E-state index is 5.77. The fraction of sp³-hybridized carbons (Fsp3) is 0.545. The number of nitrogens with zero attached hydrogens (tertiary/aromatic N) is 7. The van der Waals surface area contributed by atoms with Gasteiger partial charge in [0.2, 0.25) is 11.9 Å². The molecule has 19 heavy (non-hydrogen) atoms. The van der Waals surface area contributed by atoms with E-state index in [9.17, 15) is 0 Å². The van der Waals surface area contributed by atoms with Crippen LogP contribution >= 0.6 is 0 Å². The monoisotopic (exact) mass is 260 g/mol. The minimum absolute atomic E-state index is 0.206. The van der Waals surface area contributed by atoms with E-state index in [4.69, 9.17) is 5.73 Å². The number of anilines is 2. The van der Waals surface area contributed by atoms with Crippen LogP contribution in [0.25, 0.3) is 5.95 Å². The summed E-state index contributed by atoms with van der Waals surface area (Å²) in [6, 6.07) is 0.477. The second-order valence-corrected chi connectivity index (χ2v) is 4.53. The molecule has 8 nitrogen and oxygen atoms in total. The Morgan fingerprint density at radius 1 is 1.32 bits per heavy atom. The van der Waals surface area contributed by atoms with Crippen molar-refractivity contribution in [1.29, 1.82) is 0 Å². The zero-order valence-corrected chi connectivity index (χ0v) is 10.8. The van der Waals surface area contributed by atoms with Gasteiger partial charge in [-0.3, -0.25) is 0 Å². The van der Waals surface area contributed by atoms with E-state index in [0.717, 1.165) is 19.4 Å². The van der Waals surface area contributed by atoms with Gasteiger partial charge in [-0.2, -0.15) is 24.7 Å². The second-order valence-electron chi connectivity index (χ2n) is 4.53. The average molecular weight is 260 g/mol. The molecule has 1 saturated heterocycles. The Labute approximate surface area is 110 Å². The standard InChI is InChI=1S/C11H16N8/c1-2-8-4-3-5-18(8)10-15-9(12)16-11(17-10)19-7-13-6-14-19/h6-8H,2-5H2,1H3,(H2,12,15,16,17). The predicted octanol–water partition coefficient (Wildman–Crippen LogP) is 0.413. The molecule has 3 rings (SSSR count). The zero-order valence-electron chi connectivity index (χ0n) is 10.8. The molecule has 2 N–H and O–H groups in total. The Kier molecular flexibility index (Phi) is 2.98. The Balaban J connectivity index is 1.98. The highest BCUT2D eigenvalue weighted by molar-refractivity contribution is 5.39. The van der Waals surface area contributed by atoms with Crippen molar-refractivity contribution in [1.82, 2.24) is 29.7 Å². The highest BCUT2D eigenvalue weighted by atomic mass is 15.4. The Morgan fingerprint density at radius 3 is 2.89 bits per heavy atom. The Hall–Kier alpha value is -2.25. The van der Waals surface area contributed by atoms with Crippen molar-refractivity contribution in [2.24, 2.45) is 0 Å². The highest BCUT2D eigenvalue weighted by Crippen LogP contribution is 2.24. The summed E-state index contributed by atoms with van der Waals surface area (Å²) in [6.45, 7) is 3.13. The molecule has 1 atom stereocenters. The quantitative estimate of drug-likeness (QED) is 0.853. The number of rotatable bonds is 3.